The van der Waals surface area contributed by atoms with E-state index in [1.807, 2.05) is 24.3 Å². The van der Waals surface area contributed by atoms with E-state index in [1.165, 1.54) is 0 Å². The Labute approximate surface area is 145 Å². The van der Waals surface area contributed by atoms with Crippen molar-refractivity contribution in [1.82, 2.24) is 0 Å². The third-order valence-corrected chi connectivity index (χ3v) is 10.4. The summed E-state index contributed by atoms with van der Waals surface area (Å²) in [5, 5.41) is 9.06. The van der Waals surface area contributed by atoms with E-state index >= 15 is 0 Å². The molecule has 3 rings (SSSR count). The van der Waals surface area contributed by atoms with Crippen LogP contribution in [0.1, 0.15) is 51.3 Å². The van der Waals surface area contributed by atoms with Crippen molar-refractivity contribution in [2.75, 3.05) is 6.61 Å². The molecule has 1 aromatic rings. The number of fused-ring (bicyclic) bond motifs is 1. The lowest BCUT2D eigenvalue weighted by atomic mass is 9.72. The Morgan fingerprint density at radius 2 is 1.88 bits per heavy atom. The number of nitrogens with zero attached hydrogens (tertiary/aromatic N) is 1. The molecule has 2 fully saturated rings. The third kappa shape index (κ3) is 2.44. The Hall–Kier alpha value is -1.19. The van der Waals surface area contributed by atoms with Gasteiger partial charge in [0, 0.05) is 0 Å². The lowest BCUT2D eigenvalue weighted by Crippen LogP contribution is -2.66. The molecule has 0 amide bonds. The molecule has 24 heavy (non-hydrogen) atoms. The minimum Gasteiger partial charge on any atom is -0.368 e. The van der Waals surface area contributed by atoms with Gasteiger partial charge >= 0.3 is 0 Å². The maximum Gasteiger partial charge on any atom is 0.282 e. The van der Waals surface area contributed by atoms with Gasteiger partial charge in [0.1, 0.15) is 6.10 Å². The van der Waals surface area contributed by atoms with Gasteiger partial charge in [-0.05, 0) is 49.2 Å². The maximum atomic E-state index is 8.97. The molecule has 1 aromatic carbocycles. The fourth-order valence-corrected chi connectivity index (χ4v) is 4.55. The molecule has 4 nitrogen and oxygen atoms in total. The van der Waals surface area contributed by atoms with Gasteiger partial charge in [0.05, 0.1) is 23.7 Å². The number of benzene rings is 1. The summed E-state index contributed by atoms with van der Waals surface area (Å²) in [6, 6.07) is 9.79. The standard InChI is InChI=1S/C19H27NO3Si/c1-17(2,3)24(5,6)23-19-18(4,11-12-21-19)16(22-19)15-9-7-14(13-20)8-10-15/h7-10,16H,11-12H2,1-6H3/t16-,18-,19-/m1/s1. The Bertz CT molecular complexity index is 673. The Morgan fingerprint density at radius 1 is 1.25 bits per heavy atom. The molecule has 0 unspecified atom stereocenters. The molecule has 0 radical (unpaired) electrons. The van der Waals surface area contributed by atoms with E-state index in [2.05, 4.69) is 46.9 Å². The second kappa shape index (κ2) is 5.40. The molecule has 0 N–H and O–H groups in total. The smallest absolute Gasteiger partial charge is 0.282 e. The number of ether oxygens (including phenoxy) is 2. The van der Waals surface area contributed by atoms with Crippen LogP contribution in [0.25, 0.3) is 0 Å². The van der Waals surface area contributed by atoms with Gasteiger partial charge < -0.3 is 13.9 Å². The van der Waals surface area contributed by atoms with Crippen LogP contribution in [0.15, 0.2) is 24.3 Å². The lowest BCUT2D eigenvalue weighted by molar-refractivity contribution is -0.480. The molecular weight excluding hydrogens is 318 g/mol. The zero-order chi connectivity index (χ0) is 17.8. The number of hydrogen-bond acceptors (Lipinski definition) is 4. The zero-order valence-corrected chi connectivity index (χ0v) is 16.5. The highest BCUT2D eigenvalue weighted by atomic mass is 28.4. The van der Waals surface area contributed by atoms with Crippen molar-refractivity contribution in [2.45, 2.75) is 64.3 Å². The minimum absolute atomic E-state index is 0.0579. The van der Waals surface area contributed by atoms with Crippen LogP contribution in [0.3, 0.4) is 0 Å². The van der Waals surface area contributed by atoms with E-state index in [0.717, 1.165) is 12.0 Å². The van der Waals surface area contributed by atoms with Crippen LogP contribution in [0.5, 0.6) is 0 Å². The summed E-state index contributed by atoms with van der Waals surface area (Å²) in [4.78, 5) is 0. The van der Waals surface area contributed by atoms with Crippen LogP contribution >= 0.6 is 0 Å². The first kappa shape index (κ1) is 17.6. The highest BCUT2D eigenvalue weighted by Gasteiger charge is 2.72. The van der Waals surface area contributed by atoms with Gasteiger partial charge in [0.25, 0.3) is 5.97 Å². The van der Waals surface area contributed by atoms with Crippen molar-refractivity contribution in [3.8, 4) is 6.07 Å². The fourth-order valence-electron chi connectivity index (χ4n) is 3.23. The minimum atomic E-state index is -2.02. The first-order valence-corrected chi connectivity index (χ1v) is 11.5. The molecule has 0 aromatic heterocycles. The lowest BCUT2D eigenvalue weighted by Gasteiger charge is -2.59. The first-order chi connectivity index (χ1) is 11.0. The summed E-state index contributed by atoms with van der Waals surface area (Å²) >= 11 is 0. The first-order valence-electron chi connectivity index (χ1n) is 8.57. The van der Waals surface area contributed by atoms with Crippen LogP contribution in [0.4, 0.5) is 0 Å². The van der Waals surface area contributed by atoms with Gasteiger partial charge in [-0.1, -0.05) is 32.9 Å². The molecule has 0 bridgehead atoms. The van der Waals surface area contributed by atoms with Crippen molar-refractivity contribution in [3.63, 3.8) is 0 Å². The SMILES string of the molecule is CC(C)(C)[Si](C)(C)O[C@@]12OCC[C@]1(C)[C@@H](c1ccc(C#N)cc1)O2. The van der Waals surface area contributed by atoms with E-state index in [0.29, 0.717) is 12.2 Å². The van der Waals surface area contributed by atoms with Gasteiger partial charge in [-0.15, -0.1) is 0 Å². The third-order valence-electron chi connectivity index (χ3n) is 6.00. The summed E-state index contributed by atoms with van der Waals surface area (Å²) < 4.78 is 18.9. The summed E-state index contributed by atoms with van der Waals surface area (Å²) in [6.07, 6.45) is 0.851. The fraction of sp³-hybridized carbons (Fsp3) is 0.632. The highest BCUT2D eigenvalue weighted by Crippen LogP contribution is 2.65. The molecule has 0 aliphatic carbocycles. The van der Waals surface area contributed by atoms with E-state index in [4.69, 9.17) is 19.2 Å². The topological polar surface area (TPSA) is 51.5 Å². The van der Waals surface area contributed by atoms with Crippen molar-refractivity contribution in [2.24, 2.45) is 5.41 Å². The normalized spacial score (nSPS) is 32.8. The van der Waals surface area contributed by atoms with E-state index in [9.17, 15) is 0 Å². The van der Waals surface area contributed by atoms with Crippen LogP contribution in [-0.4, -0.2) is 20.9 Å². The average Bonchev–Trinajstić information content (AvgIpc) is 2.72. The van der Waals surface area contributed by atoms with Crippen molar-refractivity contribution in [1.29, 1.82) is 5.26 Å². The predicted molar refractivity (Wildman–Crippen MR) is 94.7 cm³/mol. The highest BCUT2D eigenvalue weighted by molar-refractivity contribution is 6.74. The molecule has 130 valence electrons. The monoisotopic (exact) mass is 345 g/mol. The Balaban J connectivity index is 1.86. The van der Waals surface area contributed by atoms with Crippen LogP contribution < -0.4 is 0 Å². The van der Waals surface area contributed by atoms with Gasteiger partial charge in [0.2, 0.25) is 0 Å². The quantitative estimate of drug-likeness (QED) is 0.743. The largest absolute Gasteiger partial charge is 0.368 e. The van der Waals surface area contributed by atoms with E-state index in [1.54, 1.807) is 0 Å². The van der Waals surface area contributed by atoms with Crippen molar-refractivity contribution in [3.05, 3.63) is 35.4 Å². The molecule has 2 aliphatic heterocycles. The molecule has 2 heterocycles. The van der Waals surface area contributed by atoms with Crippen molar-refractivity contribution < 1.29 is 13.9 Å². The Morgan fingerprint density at radius 3 is 2.42 bits per heavy atom. The van der Waals surface area contributed by atoms with Gasteiger partial charge in [-0.3, -0.25) is 0 Å². The summed E-state index contributed by atoms with van der Waals surface area (Å²) in [5.74, 6) is -0.922. The van der Waals surface area contributed by atoms with Crippen LogP contribution in [0.2, 0.25) is 18.1 Å². The van der Waals surface area contributed by atoms with Gasteiger partial charge in [-0.2, -0.15) is 5.26 Å². The summed E-state index contributed by atoms with van der Waals surface area (Å²) in [7, 11) is -2.02. The number of hydrogen-bond donors (Lipinski definition) is 0. The summed E-state index contributed by atoms with van der Waals surface area (Å²) in [5.41, 5.74) is 1.54. The predicted octanol–water partition coefficient (Wildman–Crippen LogP) is 4.73. The Kier molecular flexibility index (Phi) is 3.97. The second-order valence-corrected chi connectivity index (χ2v) is 13.4. The average molecular weight is 346 g/mol. The molecule has 0 saturated carbocycles. The molecular formula is C19H27NO3Si. The molecule has 0 spiro atoms. The van der Waals surface area contributed by atoms with Crippen LogP contribution in [-0.2, 0) is 13.9 Å². The summed E-state index contributed by atoms with van der Waals surface area (Å²) in [6.45, 7) is 14.0. The van der Waals surface area contributed by atoms with Crippen LogP contribution in [0, 0.1) is 16.7 Å². The van der Waals surface area contributed by atoms with Gasteiger partial charge in [0.15, 0.2) is 8.32 Å². The number of rotatable bonds is 3. The van der Waals surface area contributed by atoms with Crippen molar-refractivity contribution >= 4 is 8.32 Å². The molecule has 3 atom stereocenters. The maximum absolute atomic E-state index is 8.97. The van der Waals surface area contributed by atoms with E-state index in [-0.39, 0.29) is 16.6 Å². The van der Waals surface area contributed by atoms with Gasteiger partial charge in [-0.25, -0.2) is 0 Å². The van der Waals surface area contributed by atoms with E-state index < -0.39 is 14.3 Å². The molecule has 2 saturated heterocycles. The number of nitriles is 1. The molecule has 2 aliphatic rings. The molecule has 5 heteroatoms. The second-order valence-electron chi connectivity index (χ2n) is 8.67. The zero-order valence-electron chi connectivity index (χ0n) is 15.5.